The normalized spacial score (nSPS) is 11.3. The van der Waals surface area contributed by atoms with Gasteiger partial charge in [0.2, 0.25) is 5.91 Å². The predicted molar refractivity (Wildman–Crippen MR) is 91.1 cm³/mol. The maximum Gasteiger partial charge on any atom is 0.246 e. The van der Waals surface area contributed by atoms with E-state index in [-0.39, 0.29) is 5.91 Å². The molecule has 124 valence electrons. The van der Waals surface area contributed by atoms with Crippen molar-refractivity contribution in [3.63, 3.8) is 0 Å². The van der Waals surface area contributed by atoms with Crippen LogP contribution in [-0.2, 0) is 24.4 Å². The molecule has 0 N–H and O–H groups in total. The summed E-state index contributed by atoms with van der Waals surface area (Å²) >= 11 is 6.13. The predicted octanol–water partition coefficient (Wildman–Crippen LogP) is 2.75. The minimum absolute atomic E-state index is 0.101. The summed E-state index contributed by atoms with van der Waals surface area (Å²) in [4.78, 5) is 13.8. The molecule has 0 aliphatic carbocycles. The zero-order chi connectivity index (χ0) is 17.0. The van der Waals surface area contributed by atoms with Gasteiger partial charge in [-0.2, -0.15) is 10.2 Å². The molecular formula is C16H22ClN5O. The Hall–Kier alpha value is -2.08. The molecule has 0 aliphatic heterocycles. The molecule has 0 saturated heterocycles. The number of rotatable bonds is 6. The average molecular weight is 336 g/mol. The monoisotopic (exact) mass is 335 g/mol. The van der Waals surface area contributed by atoms with E-state index in [1.54, 1.807) is 41.2 Å². The number of aryl methyl sites for hydroxylation is 2. The van der Waals surface area contributed by atoms with Crippen LogP contribution in [0.2, 0.25) is 5.02 Å². The van der Waals surface area contributed by atoms with Crippen LogP contribution in [0.3, 0.4) is 0 Å². The van der Waals surface area contributed by atoms with E-state index in [0.717, 1.165) is 24.3 Å². The van der Waals surface area contributed by atoms with E-state index in [1.165, 1.54) is 0 Å². The maximum atomic E-state index is 12.2. The second-order valence-corrected chi connectivity index (χ2v) is 5.72. The smallest absolute Gasteiger partial charge is 0.246 e. The van der Waals surface area contributed by atoms with Crippen LogP contribution in [0.5, 0.6) is 0 Å². The number of aromatic nitrogens is 4. The summed E-state index contributed by atoms with van der Waals surface area (Å²) in [5, 5.41) is 9.19. The van der Waals surface area contributed by atoms with E-state index in [4.69, 9.17) is 11.6 Å². The Morgan fingerprint density at radius 1 is 1.39 bits per heavy atom. The van der Waals surface area contributed by atoms with Crippen LogP contribution in [0, 0.1) is 6.92 Å². The van der Waals surface area contributed by atoms with Gasteiger partial charge >= 0.3 is 0 Å². The Labute approximate surface area is 141 Å². The van der Waals surface area contributed by atoms with Crippen LogP contribution in [0.25, 0.3) is 6.08 Å². The number of carbonyl (C=O) groups excluding carboxylic acids is 1. The molecule has 0 aliphatic rings. The Kier molecular flexibility index (Phi) is 5.60. The third-order valence-electron chi connectivity index (χ3n) is 3.72. The van der Waals surface area contributed by atoms with Gasteiger partial charge in [0.25, 0.3) is 0 Å². The van der Waals surface area contributed by atoms with Gasteiger partial charge in [-0.3, -0.25) is 14.2 Å². The number of hydrogen-bond acceptors (Lipinski definition) is 3. The van der Waals surface area contributed by atoms with E-state index in [0.29, 0.717) is 17.3 Å². The molecular weight excluding hydrogens is 314 g/mol. The topological polar surface area (TPSA) is 56.0 Å². The highest BCUT2D eigenvalue weighted by molar-refractivity contribution is 6.31. The van der Waals surface area contributed by atoms with Crippen molar-refractivity contribution >= 4 is 23.6 Å². The van der Waals surface area contributed by atoms with Gasteiger partial charge < -0.3 is 4.90 Å². The van der Waals surface area contributed by atoms with E-state index in [1.807, 2.05) is 25.5 Å². The van der Waals surface area contributed by atoms with E-state index >= 15 is 0 Å². The number of hydrogen-bond donors (Lipinski definition) is 0. The van der Waals surface area contributed by atoms with Gasteiger partial charge in [-0.1, -0.05) is 11.6 Å². The lowest BCUT2D eigenvalue weighted by Crippen LogP contribution is -2.24. The molecule has 2 aromatic rings. The lowest BCUT2D eigenvalue weighted by Gasteiger charge is -2.13. The molecule has 2 aromatic heterocycles. The number of carbonyl (C=O) groups is 1. The third-order valence-corrected chi connectivity index (χ3v) is 4.04. The molecule has 0 atom stereocenters. The first kappa shape index (κ1) is 17.3. The summed E-state index contributed by atoms with van der Waals surface area (Å²) in [5.74, 6) is -0.101. The Morgan fingerprint density at radius 3 is 2.70 bits per heavy atom. The van der Waals surface area contributed by atoms with E-state index in [9.17, 15) is 4.79 Å². The summed E-state index contributed by atoms with van der Waals surface area (Å²) in [7, 11) is 1.73. The second kappa shape index (κ2) is 7.46. The molecule has 0 bridgehead atoms. The van der Waals surface area contributed by atoms with Crippen molar-refractivity contribution in [3.8, 4) is 0 Å². The van der Waals surface area contributed by atoms with Gasteiger partial charge in [0.05, 0.1) is 17.8 Å². The van der Waals surface area contributed by atoms with Gasteiger partial charge in [-0.15, -0.1) is 0 Å². The van der Waals surface area contributed by atoms with Crippen LogP contribution in [-0.4, -0.2) is 37.4 Å². The van der Waals surface area contributed by atoms with E-state index < -0.39 is 0 Å². The van der Waals surface area contributed by atoms with Gasteiger partial charge in [-0.05, 0) is 26.8 Å². The van der Waals surface area contributed by atoms with Crippen LogP contribution in [0.4, 0.5) is 0 Å². The summed E-state index contributed by atoms with van der Waals surface area (Å²) in [6.45, 7) is 7.95. The molecule has 0 spiro atoms. The van der Waals surface area contributed by atoms with Gasteiger partial charge in [0.15, 0.2) is 0 Å². The number of nitrogens with zero attached hydrogens (tertiary/aromatic N) is 5. The van der Waals surface area contributed by atoms with Crippen molar-refractivity contribution in [2.75, 3.05) is 7.05 Å². The molecule has 7 heteroatoms. The molecule has 0 radical (unpaired) electrons. The maximum absolute atomic E-state index is 12.2. The standard InChI is InChI=1S/C16H22ClN5O/c1-5-21-10-14(17)15(19-21)11-20(4)16(23)8-7-13-9-18-22(6-2)12(13)3/h7-10H,5-6,11H2,1-4H3/b8-7+. The van der Waals surface area contributed by atoms with Crippen LogP contribution in [0.1, 0.15) is 30.8 Å². The number of amides is 1. The van der Waals surface area contributed by atoms with Gasteiger partial charge in [0, 0.05) is 43.7 Å². The molecule has 0 aromatic carbocycles. The SMILES string of the molecule is CCn1cc(Cl)c(CN(C)C(=O)/C=C/c2cnn(CC)c2C)n1. The molecule has 2 rings (SSSR count). The van der Waals surface area contributed by atoms with Gasteiger partial charge in [0.1, 0.15) is 5.69 Å². The molecule has 0 unspecified atom stereocenters. The first-order valence-corrected chi connectivity index (χ1v) is 8.01. The fraction of sp³-hybridized carbons (Fsp3) is 0.438. The van der Waals surface area contributed by atoms with Crippen molar-refractivity contribution in [2.45, 2.75) is 40.4 Å². The Bertz CT molecular complexity index is 716. The van der Waals surface area contributed by atoms with Crippen LogP contribution >= 0.6 is 11.6 Å². The molecule has 0 saturated carbocycles. The summed E-state index contributed by atoms with van der Waals surface area (Å²) in [6.07, 6.45) is 6.88. The molecule has 1 amide bonds. The van der Waals surface area contributed by atoms with E-state index in [2.05, 4.69) is 10.2 Å². The summed E-state index contributed by atoms with van der Waals surface area (Å²) in [6, 6.07) is 0. The van der Waals surface area contributed by atoms with Crippen molar-refractivity contribution in [1.29, 1.82) is 0 Å². The highest BCUT2D eigenvalue weighted by atomic mass is 35.5. The highest BCUT2D eigenvalue weighted by Gasteiger charge is 2.12. The molecule has 6 nitrogen and oxygen atoms in total. The van der Waals surface area contributed by atoms with Crippen LogP contribution in [0.15, 0.2) is 18.5 Å². The Morgan fingerprint density at radius 2 is 2.13 bits per heavy atom. The lowest BCUT2D eigenvalue weighted by atomic mass is 10.2. The zero-order valence-corrected chi connectivity index (χ0v) is 14.7. The second-order valence-electron chi connectivity index (χ2n) is 5.31. The summed E-state index contributed by atoms with van der Waals surface area (Å²) < 4.78 is 3.65. The van der Waals surface area contributed by atoms with Crippen LogP contribution < -0.4 is 0 Å². The highest BCUT2D eigenvalue weighted by Crippen LogP contribution is 2.16. The first-order chi connectivity index (χ1) is 11.0. The fourth-order valence-corrected chi connectivity index (χ4v) is 2.45. The third kappa shape index (κ3) is 4.01. The van der Waals surface area contributed by atoms with Gasteiger partial charge in [-0.25, -0.2) is 0 Å². The summed E-state index contributed by atoms with van der Waals surface area (Å²) in [5.41, 5.74) is 2.69. The molecule has 2 heterocycles. The van der Waals surface area contributed by atoms with Crippen molar-refractivity contribution in [3.05, 3.63) is 40.4 Å². The van der Waals surface area contributed by atoms with Crippen molar-refractivity contribution in [1.82, 2.24) is 24.5 Å². The number of halogens is 1. The quantitative estimate of drug-likeness (QED) is 0.763. The minimum atomic E-state index is -0.101. The van der Waals surface area contributed by atoms with Crippen molar-refractivity contribution < 1.29 is 4.79 Å². The first-order valence-electron chi connectivity index (χ1n) is 7.63. The fourth-order valence-electron chi connectivity index (χ4n) is 2.24. The molecule has 23 heavy (non-hydrogen) atoms. The number of likely N-dealkylation sites (N-methyl/N-ethyl adjacent to an activating group) is 1. The largest absolute Gasteiger partial charge is 0.336 e. The molecule has 0 fully saturated rings. The average Bonchev–Trinajstić information content (AvgIpc) is 3.07. The minimum Gasteiger partial charge on any atom is -0.336 e. The lowest BCUT2D eigenvalue weighted by molar-refractivity contribution is -0.125. The zero-order valence-electron chi connectivity index (χ0n) is 14.0. The Balaban J connectivity index is 2.03. The van der Waals surface area contributed by atoms with Crippen molar-refractivity contribution in [2.24, 2.45) is 0 Å².